The fourth-order valence-corrected chi connectivity index (χ4v) is 5.29. The van der Waals surface area contributed by atoms with Crippen molar-refractivity contribution >= 4 is 39.1 Å². The number of anilines is 1. The average molecular weight is 546 g/mol. The molecule has 3 aromatic carbocycles. The van der Waals surface area contributed by atoms with Gasteiger partial charge in [-0.15, -0.1) is 0 Å². The average Bonchev–Trinajstić information content (AvgIpc) is 2.86. The molecule has 0 spiro atoms. The first-order valence-electron chi connectivity index (χ1n) is 11.7. The Kier molecular flexibility index (Phi) is 9.29. The van der Waals surface area contributed by atoms with E-state index in [-0.39, 0.29) is 33.8 Å². The van der Waals surface area contributed by atoms with Crippen LogP contribution in [-0.2, 0) is 26.2 Å². The number of rotatable bonds is 10. The lowest BCUT2D eigenvalue weighted by atomic mass is 10.1. The van der Waals surface area contributed by atoms with E-state index >= 15 is 0 Å². The normalized spacial score (nSPS) is 12.2. The largest absolute Gasteiger partial charge is 0.352 e. The number of benzene rings is 3. The molecule has 0 aromatic heterocycles. The first-order valence-corrected chi connectivity index (χ1v) is 13.5. The maximum absolute atomic E-state index is 14.5. The third-order valence-corrected chi connectivity index (χ3v) is 7.63. The van der Waals surface area contributed by atoms with Crippen LogP contribution in [0.5, 0.6) is 0 Å². The third-order valence-electron chi connectivity index (χ3n) is 5.60. The molecular weight excluding hydrogens is 517 g/mol. The van der Waals surface area contributed by atoms with Gasteiger partial charge in [-0.1, -0.05) is 54.1 Å². The molecule has 0 saturated heterocycles. The van der Waals surface area contributed by atoms with Gasteiger partial charge < -0.3 is 10.2 Å². The van der Waals surface area contributed by atoms with Crippen LogP contribution in [0, 0.1) is 5.82 Å². The Morgan fingerprint density at radius 2 is 1.59 bits per heavy atom. The van der Waals surface area contributed by atoms with Gasteiger partial charge in [-0.2, -0.15) is 0 Å². The number of nitrogens with one attached hydrogen (secondary N) is 1. The summed E-state index contributed by atoms with van der Waals surface area (Å²) in [6, 6.07) is 18.5. The standard InChI is InChI=1S/C27H29ClFN3O4S/c1-19(2)30-27(34)20(3)31(17-21-10-7-8-15-25(21)29)26(33)18-32(23-12-9-11-22(28)16-23)37(35,36)24-13-5-4-6-14-24/h4-16,19-20H,17-18H2,1-3H3,(H,30,34). The Bertz CT molecular complexity index is 1350. The zero-order chi connectivity index (χ0) is 27.2. The van der Waals surface area contributed by atoms with Crippen molar-refractivity contribution in [2.75, 3.05) is 10.8 Å². The van der Waals surface area contributed by atoms with Gasteiger partial charge in [0.25, 0.3) is 10.0 Å². The van der Waals surface area contributed by atoms with Gasteiger partial charge in [-0.25, -0.2) is 12.8 Å². The Labute approximate surface area is 221 Å². The van der Waals surface area contributed by atoms with Crippen molar-refractivity contribution in [3.05, 3.63) is 95.3 Å². The minimum Gasteiger partial charge on any atom is -0.352 e. The van der Waals surface area contributed by atoms with Crippen molar-refractivity contribution in [3.8, 4) is 0 Å². The number of halogens is 2. The van der Waals surface area contributed by atoms with Gasteiger partial charge in [-0.05, 0) is 57.2 Å². The van der Waals surface area contributed by atoms with E-state index in [0.29, 0.717) is 0 Å². The van der Waals surface area contributed by atoms with Crippen LogP contribution in [-0.4, -0.2) is 43.8 Å². The molecule has 0 aliphatic rings. The third kappa shape index (κ3) is 7.08. The summed E-state index contributed by atoms with van der Waals surface area (Å²) in [5.74, 6) is -1.67. The summed E-state index contributed by atoms with van der Waals surface area (Å²) >= 11 is 6.14. The number of hydrogen-bond donors (Lipinski definition) is 1. The number of sulfonamides is 1. The van der Waals surface area contributed by atoms with Crippen molar-refractivity contribution in [3.63, 3.8) is 0 Å². The molecule has 196 valence electrons. The number of carbonyl (C=O) groups is 2. The van der Waals surface area contributed by atoms with Crippen molar-refractivity contribution in [2.24, 2.45) is 0 Å². The van der Waals surface area contributed by atoms with E-state index in [4.69, 9.17) is 11.6 Å². The molecule has 3 rings (SSSR count). The summed E-state index contributed by atoms with van der Waals surface area (Å²) < 4.78 is 42.7. The highest BCUT2D eigenvalue weighted by Gasteiger charge is 2.33. The topological polar surface area (TPSA) is 86.8 Å². The SMILES string of the molecule is CC(C)NC(=O)C(C)N(Cc1ccccc1F)C(=O)CN(c1cccc(Cl)c1)S(=O)(=O)c1ccccc1. The van der Waals surface area contributed by atoms with Gasteiger partial charge >= 0.3 is 0 Å². The quantitative estimate of drug-likeness (QED) is 0.403. The molecule has 0 aliphatic heterocycles. The van der Waals surface area contributed by atoms with E-state index in [0.717, 1.165) is 4.31 Å². The van der Waals surface area contributed by atoms with Crippen LogP contribution in [0.3, 0.4) is 0 Å². The summed E-state index contributed by atoms with van der Waals surface area (Å²) in [6.07, 6.45) is 0. The van der Waals surface area contributed by atoms with Gasteiger partial charge in [0.1, 0.15) is 18.4 Å². The molecule has 0 heterocycles. The number of amides is 2. The lowest BCUT2D eigenvalue weighted by Crippen LogP contribution is -2.52. The zero-order valence-corrected chi connectivity index (χ0v) is 22.3. The van der Waals surface area contributed by atoms with E-state index in [2.05, 4.69) is 5.32 Å². The summed E-state index contributed by atoms with van der Waals surface area (Å²) in [5, 5.41) is 3.03. The van der Waals surface area contributed by atoms with E-state index < -0.39 is 40.2 Å². The van der Waals surface area contributed by atoms with E-state index in [1.807, 2.05) is 0 Å². The summed E-state index contributed by atoms with van der Waals surface area (Å²) in [6.45, 7) is 4.21. The summed E-state index contributed by atoms with van der Waals surface area (Å²) in [7, 11) is -4.19. The lowest BCUT2D eigenvalue weighted by molar-refractivity contribution is -0.139. The molecule has 1 N–H and O–H groups in total. The molecule has 7 nitrogen and oxygen atoms in total. The predicted molar refractivity (Wildman–Crippen MR) is 142 cm³/mol. The molecule has 0 fully saturated rings. The fourth-order valence-electron chi connectivity index (χ4n) is 3.68. The number of carbonyl (C=O) groups excluding carboxylic acids is 2. The molecule has 1 atom stereocenters. The number of hydrogen-bond acceptors (Lipinski definition) is 4. The molecule has 0 aliphatic carbocycles. The highest BCUT2D eigenvalue weighted by Crippen LogP contribution is 2.27. The second kappa shape index (κ2) is 12.2. The van der Waals surface area contributed by atoms with Crippen LogP contribution in [0.15, 0.2) is 83.8 Å². The molecule has 0 bridgehead atoms. The predicted octanol–water partition coefficient (Wildman–Crippen LogP) is 4.62. The Morgan fingerprint density at radius 1 is 0.946 bits per heavy atom. The maximum atomic E-state index is 14.5. The van der Waals surface area contributed by atoms with Crippen molar-refractivity contribution < 1.29 is 22.4 Å². The molecule has 1 unspecified atom stereocenters. The van der Waals surface area contributed by atoms with Gasteiger partial charge in [0.15, 0.2) is 0 Å². The first-order chi connectivity index (χ1) is 17.5. The molecule has 10 heteroatoms. The fraction of sp³-hybridized carbons (Fsp3) is 0.259. The van der Waals surface area contributed by atoms with Crippen LogP contribution < -0.4 is 9.62 Å². The van der Waals surface area contributed by atoms with Crippen LogP contribution in [0.4, 0.5) is 10.1 Å². The van der Waals surface area contributed by atoms with Crippen molar-refractivity contribution in [1.29, 1.82) is 0 Å². The van der Waals surface area contributed by atoms with E-state index in [1.54, 1.807) is 50.2 Å². The second-order valence-electron chi connectivity index (χ2n) is 8.76. The maximum Gasteiger partial charge on any atom is 0.264 e. The molecular formula is C27H29ClFN3O4S. The smallest absolute Gasteiger partial charge is 0.264 e. The minimum absolute atomic E-state index is 0.0194. The van der Waals surface area contributed by atoms with E-state index in [9.17, 15) is 22.4 Å². The second-order valence-corrected chi connectivity index (χ2v) is 11.1. The summed E-state index contributed by atoms with van der Waals surface area (Å²) in [5.41, 5.74) is 0.370. The monoisotopic (exact) mass is 545 g/mol. The van der Waals surface area contributed by atoms with E-state index in [1.165, 1.54) is 54.3 Å². The van der Waals surface area contributed by atoms with Crippen molar-refractivity contribution in [2.45, 2.75) is 44.3 Å². The van der Waals surface area contributed by atoms with Gasteiger partial charge in [0.2, 0.25) is 11.8 Å². The van der Waals surface area contributed by atoms with Gasteiger partial charge in [-0.3, -0.25) is 13.9 Å². The van der Waals surface area contributed by atoms with Crippen LogP contribution in [0.25, 0.3) is 0 Å². The van der Waals surface area contributed by atoms with Crippen LogP contribution >= 0.6 is 11.6 Å². The van der Waals surface area contributed by atoms with Crippen molar-refractivity contribution in [1.82, 2.24) is 10.2 Å². The highest BCUT2D eigenvalue weighted by atomic mass is 35.5. The number of nitrogens with zero attached hydrogens (tertiary/aromatic N) is 2. The molecule has 3 aromatic rings. The molecule has 0 saturated carbocycles. The minimum atomic E-state index is -4.19. The Balaban J connectivity index is 2.03. The highest BCUT2D eigenvalue weighted by molar-refractivity contribution is 7.92. The molecule has 2 amide bonds. The zero-order valence-electron chi connectivity index (χ0n) is 20.8. The summed E-state index contributed by atoms with van der Waals surface area (Å²) in [4.78, 5) is 27.7. The Hall–Kier alpha value is -3.43. The van der Waals surface area contributed by atoms with Gasteiger partial charge in [0, 0.05) is 23.2 Å². The van der Waals surface area contributed by atoms with Gasteiger partial charge in [0.05, 0.1) is 10.6 Å². The Morgan fingerprint density at radius 3 is 2.22 bits per heavy atom. The van der Waals surface area contributed by atoms with Crippen LogP contribution in [0.1, 0.15) is 26.3 Å². The lowest BCUT2D eigenvalue weighted by Gasteiger charge is -2.32. The molecule has 37 heavy (non-hydrogen) atoms. The first kappa shape index (κ1) is 28.1. The van der Waals surface area contributed by atoms with Crippen LogP contribution in [0.2, 0.25) is 5.02 Å². The molecule has 0 radical (unpaired) electrons.